The van der Waals surface area contributed by atoms with Crippen molar-refractivity contribution in [3.8, 4) is 0 Å². The fraction of sp³-hybridized carbons (Fsp3) is 0.588. The van der Waals surface area contributed by atoms with E-state index in [1.54, 1.807) is 4.90 Å². The number of carbonyl (C=O) groups excluding carboxylic acids is 1. The Morgan fingerprint density at radius 1 is 1.14 bits per heavy atom. The summed E-state index contributed by atoms with van der Waals surface area (Å²) in [7, 11) is 0. The molecular weight excluding hydrogens is 325 g/mol. The van der Waals surface area contributed by atoms with Gasteiger partial charge in [0.2, 0.25) is 5.91 Å². The predicted molar refractivity (Wildman–Crippen MR) is 96.5 cm³/mol. The summed E-state index contributed by atoms with van der Waals surface area (Å²) in [5, 5.41) is 0. The number of nitrogens with zero attached hydrogens (tertiary/aromatic N) is 1. The summed E-state index contributed by atoms with van der Waals surface area (Å²) in [6, 6.07) is 6.21. The molecule has 0 aliphatic carbocycles. The van der Waals surface area contributed by atoms with E-state index in [-0.39, 0.29) is 63.2 Å². The van der Waals surface area contributed by atoms with Crippen molar-refractivity contribution in [2.24, 2.45) is 0 Å². The van der Waals surface area contributed by atoms with E-state index in [4.69, 9.17) is 16.3 Å². The van der Waals surface area contributed by atoms with Crippen LogP contribution in [-0.4, -0.2) is 82.9 Å². The van der Waals surface area contributed by atoms with Crippen molar-refractivity contribution in [3.05, 3.63) is 29.3 Å². The van der Waals surface area contributed by atoms with E-state index in [9.17, 15) is 4.79 Å². The number of aryl methyl sites for hydroxylation is 2. The van der Waals surface area contributed by atoms with E-state index in [0.717, 1.165) is 31.6 Å². The molecule has 1 amide bonds. The van der Waals surface area contributed by atoms with Crippen LogP contribution in [0.15, 0.2) is 18.2 Å². The second-order valence-electron chi connectivity index (χ2n) is 4.92. The molecule has 0 spiro atoms. The van der Waals surface area contributed by atoms with Crippen LogP contribution in [0.3, 0.4) is 0 Å². The first-order valence-electron chi connectivity index (χ1n) is 7.74. The molecule has 0 aliphatic rings. The molecule has 0 bridgehead atoms. The van der Waals surface area contributed by atoms with Gasteiger partial charge >= 0.3 is 51.4 Å². The molecule has 0 atom stereocenters. The van der Waals surface area contributed by atoms with E-state index in [1.165, 1.54) is 11.1 Å². The third kappa shape index (κ3) is 6.60. The Kier molecular flexibility index (Phi) is 13.3. The van der Waals surface area contributed by atoms with Crippen molar-refractivity contribution >= 4 is 74.6 Å². The molecule has 22 heavy (non-hydrogen) atoms. The summed E-state index contributed by atoms with van der Waals surface area (Å²) >= 11 is 5.80. The van der Waals surface area contributed by atoms with Gasteiger partial charge in [-0.2, -0.15) is 0 Å². The Balaban J connectivity index is 0.00000441. The van der Waals surface area contributed by atoms with Crippen LogP contribution >= 0.6 is 11.6 Å². The number of hydrogen-bond donors (Lipinski definition) is 0. The first kappa shape index (κ1) is 22.6. The van der Waals surface area contributed by atoms with Crippen LogP contribution in [0.1, 0.15) is 38.3 Å². The Morgan fingerprint density at radius 3 is 2.18 bits per heavy atom. The summed E-state index contributed by atoms with van der Waals surface area (Å²) < 4.78 is 5.54. The van der Waals surface area contributed by atoms with E-state index in [2.05, 4.69) is 39.0 Å². The van der Waals surface area contributed by atoms with Gasteiger partial charge in [0.25, 0.3) is 0 Å². The van der Waals surface area contributed by atoms with Gasteiger partial charge in [-0.05, 0) is 30.4 Å². The molecule has 0 N–H and O–H groups in total. The summed E-state index contributed by atoms with van der Waals surface area (Å²) in [6.45, 7) is 8.10. The molecule has 0 radical (unpaired) electrons. The first-order valence-corrected chi connectivity index (χ1v) is 8.27. The van der Waals surface area contributed by atoms with Crippen LogP contribution in [0.25, 0.3) is 0 Å². The fourth-order valence-electron chi connectivity index (χ4n) is 2.40. The standard InChI is InChI=1S/C17H26ClNO2.K.H/c1-4-11-21-12-10-19(16(20)13-18)17-14(5-2)8-7-9-15(17)6-3;;/h7-9H,4-6,10-13H2,1-3H3;;. The van der Waals surface area contributed by atoms with E-state index < -0.39 is 0 Å². The number of alkyl halides is 1. The number of benzene rings is 1. The second-order valence-corrected chi connectivity index (χ2v) is 5.19. The van der Waals surface area contributed by atoms with Gasteiger partial charge in [0.05, 0.1) is 12.3 Å². The van der Waals surface area contributed by atoms with Crippen molar-refractivity contribution in [2.75, 3.05) is 30.5 Å². The molecule has 0 saturated carbocycles. The van der Waals surface area contributed by atoms with Gasteiger partial charge in [0, 0.05) is 13.2 Å². The van der Waals surface area contributed by atoms with Gasteiger partial charge in [-0.1, -0.05) is 39.0 Å². The average Bonchev–Trinajstić information content (AvgIpc) is 2.53. The Labute approximate surface area is 182 Å². The third-order valence-electron chi connectivity index (χ3n) is 3.46. The maximum atomic E-state index is 12.3. The quantitative estimate of drug-likeness (QED) is 0.388. The molecule has 1 aromatic carbocycles. The van der Waals surface area contributed by atoms with E-state index >= 15 is 0 Å². The zero-order valence-electron chi connectivity index (χ0n) is 13.3. The van der Waals surface area contributed by atoms with Crippen LogP contribution in [-0.2, 0) is 22.4 Å². The number of para-hydroxylation sites is 1. The van der Waals surface area contributed by atoms with Gasteiger partial charge in [-0.25, -0.2) is 0 Å². The number of hydrogen-bond acceptors (Lipinski definition) is 2. The number of rotatable bonds is 9. The maximum absolute atomic E-state index is 12.3. The predicted octanol–water partition coefficient (Wildman–Crippen LogP) is 3.16. The molecule has 0 fully saturated rings. The molecule has 0 aromatic heterocycles. The molecular formula is C17H27ClKNO2. The van der Waals surface area contributed by atoms with Crippen LogP contribution < -0.4 is 4.90 Å². The van der Waals surface area contributed by atoms with Crippen molar-refractivity contribution in [3.63, 3.8) is 0 Å². The Hall–Kier alpha value is 0.576. The number of halogens is 1. The number of ether oxygens (including phenoxy) is 1. The molecule has 0 unspecified atom stereocenters. The molecule has 0 aliphatic heterocycles. The van der Waals surface area contributed by atoms with Gasteiger partial charge in [-0.15, -0.1) is 11.6 Å². The van der Waals surface area contributed by atoms with Crippen molar-refractivity contribution in [2.45, 2.75) is 40.0 Å². The molecule has 1 rings (SSSR count). The third-order valence-corrected chi connectivity index (χ3v) is 3.69. The topological polar surface area (TPSA) is 29.5 Å². The van der Waals surface area contributed by atoms with Gasteiger partial charge in [0.1, 0.15) is 5.88 Å². The number of carbonyl (C=O) groups is 1. The van der Waals surface area contributed by atoms with Gasteiger partial charge in [-0.3, -0.25) is 4.79 Å². The SMILES string of the molecule is CCCOCCN(C(=O)CCl)c1c(CC)cccc1CC.[KH]. The monoisotopic (exact) mass is 351 g/mol. The molecule has 0 heterocycles. The molecule has 120 valence electrons. The molecule has 0 saturated heterocycles. The number of amides is 1. The van der Waals surface area contributed by atoms with Crippen molar-refractivity contribution in [1.82, 2.24) is 0 Å². The molecule has 5 heteroatoms. The van der Waals surface area contributed by atoms with Crippen molar-refractivity contribution in [1.29, 1.82) is 0 Å². The summed E-state index contributed by atoms with van der Waals surface area (Å²) in [5.74, 6) is -0.0676. The second kappa shape index (κ2) is 12.9. The number of anilines is 1. The zero-order chi connectivity index (χ0) is 15.7. The van der Waals surface area contributed by atoms with Gasteiger partial charge < -0.3 is 9.64 Å². The van der Waals surface area contributed by atoms with Crippen LogP contribution in [0.5, 0.6) is 0 Å². The minimum absolute atomic E-state index is 0. The Morgan fingerprint density at radius 2 is 1.73 bits per heavy atom. The average molecular weight is 352 g/mol. The van der Waals surface area contributed by atoms with E-state index in [0.29, 0.717) is 13.2 Å². The van der Waals surface area contributed by atoms with E-state index in [1.807, 2.05) is 0 Å². The summed E-state index contributed by atoms with van der Waals surface area (Å²) in [5.41, 5.74) is 3.39. The zero-order valence-corrected chi connectivity index (χ0v) is 14.1. The summed E-state index contributed by atoms with van der Waals surface area (Å²) in [4.78, 5) is 14.0. The summed E-state index contributed by atoms with van der Waals surface area (Å²) in [6.07, 6.45) is 2.77. The van der Waals surface area contributed by atoms with Crippen LogP contribution in [0.2, 0.25) is 0 Å². The fourth-order valence-corrected chi connectivity index (χ4v) is 2.54. The minimum atomic E-state index is -0.0626. The normalized spacial score (nSPS) is 10.2. The van der Waals surface area contributed by atoms with Crippen LogP contribution in [0, 0.1) is 0 Å². The van der Waals surface area contributed by atoms with Crippen molar-refractivity contribution < 1.29 is 9.53 Å². The molecule has 3 nitrogen and oxygen atoms in total. The molecule has 1 aromatic rings. The Bertz CT molecular complexity index is 432. The van der Waals surface area contributed by atoms with Crippen LogP contribution in [0.4, 0.5) is 5.69 Å². The first-order chi connectivity index (χ1) is 10.2. The van der Waals surface area contributed by atoms with Gasteiger partial charge in [0.15, 0.2) is 0 Å².